The SMILES string of the molecule is COc1c(Cl)ccc(C2CC(=NO)C=C(C(=O)O)N2)c1F. The van der Waals surface area contributed by atoms with Crippen LogP contribution < -0.4 is 10.1 Å². The molecule has 6 nitrogen and oxygen atoms in total. The number of methoxy groups -OCH3 is 1. The highest BCUT2D eigenvalue weighted by Gasteiger charge is 2.27. The molecule has 1 atom stereocenters. The zero-order valence-corrected chi connectivity index (χ0v) is 11.7. The number of allylic oxidation sites excluding steroid dienone is 1. The Morgan fingerprint density at radius 1 is 1.57 bits per heavy atom. The van der Waals surface area contributed by atoms with Crippen LogP contribution in [0.5, 0.6) is 5.75 Å². The van der Waals surface area contributed by atoms with E-state index >= 15 is 0 Å². The summed E-state index contributed by atoms with van der Waals surface area (Å²) < 4.78 is 19.2. The van der Waals surface area contributed by atoms with Crippen LogP contribution >= 0.6 is 11.6 Å². The van der Waals surface area contributed by atoms with Crippen molar-refractivity contribution in [2.45, 2.75) is 12.5 Å². The van der Waals surface area contributed by atoms with E-state index < -0.39 is 17.8 Å². The lowest BCUT2D eigenvalue weighted by Gasteiger charge is -2.25. The van der Waals surface area contributed by atoms with E-state index in [0.29, 0.717) is 0 Å². The summed E-state index contributed by atoms with van der Waals surface area (Å²) in [6.45, 7) is 0. The first-order valence-corrected chi connectivity index (χ1v) is 6.30. The first kappa shape index (κ1) is 15.1. The monoisotopic (exact) mass is 314 g/mol. The quantitative estimate of drug-likeness (QED) is 0.588. The molecule has 1 aliphatic rings. The van der Waals surface area contributed by atoms with Crippen molar-refractivity contribution in [3.05, 3.63) is 40.3 Å². The number of rotatable bonds is 3. The molecule has 0 amide bonds. The summed E-state index contributed by atoms with van der Waals surface area (Å²) in [5.74, 6) is -2.04. The third kappa shape index (κ3) is 2.92. The Hall–Kier alpha value is -2.28. The van der Waals surface area contributed by atoms with Crippen LogP contribution in [0.1, 0.15) is 18.0 Å². The number of carboxylic acid groups (broad SMARTS) is 1. The van der Waals surface area contributed by atoms with Gasteiger partial charge in [0.25, 0.3) is 0 Å². The van der Waals surface area contributed by atoms with E-state index in [4.69, 9.17) is 26.7 Å². The van der Waals surface area contributed by atoms with Gasteiger partial charge >= 0.3 is 5.97 Å². The fourth-order valence-corrected chi connectivity index (χ4v) is 2.32. The van der Waals surface area contributed by atoms with Gasteiger partial charge in [0, 0.05) is 12.0 Å². The van der Waals surface area contributed by atoms with E-state index in [-0.39, 0.29) is 34.2 Å². The minimum atomic E-state index is -1.23. The van der Waals surface area contributed by atoms with E-state index in [0.717, 1.165) is 0 Å². The zero-order chi connectivity index (χ0) is 15.6. The van der Waals surface area contributed by atoms with Gasteiger partial charge in [-0.3, -0.25) is 0 Å². The lowest BCUT2D eigenvalue weighted by Crippen LogP contribution is -2.32. The second-order valence-electron chi connectivity index (χ2n) is 4.34. The molecule has 2 rings (SSSR count). The van der Waals surface area contributed by atoms with Crippen LogP contribution in [0.3, 0.4) is 0 Å². The average Bonchev–Trinajstić information content (AvgIpc) is 2.47. The lowest BCUT2D eigenvalue weighted by molar-refractivity contribution is -0.133. The van der Waals surface area contributed by atoms with Crippen LogP contribution in [0, 0.1) is 5.82 Å². The Balaban J connectivity index is 2.44. The summed E-state index contributed by atoms with van der Waals surface area (Å²) in [7, 11) is 1.28. The molecule has 1 heterocycles. The Morgan fingerprint density at radius 2 is 2.29 bits per heavy atom. The molecule has 1 unspecified atom stereocenters. The Morgan fingerprint density at radius 3 is 2.86 bits per heavy atom. The molecule has 0 fully saturated rings. The number of carboxylic acids is 1. The normalized spacial score (nSPS) is 19.9. The standard InChI is InChI=1S/C13H12ClFN2O4/c1-21-12-8(14)3-2-7(11(12)15)9-4-6(17-20)5-10(16-9)13(18)19/h2-3,5,9,16,20H,4H2,1H3,(H,18,19). The number of halogens is 2. The predicted molar refractivity (Wildman–Crippen MR) is 73.4 cm³/mol. The second kappa shape index (κ2) is 6.01. The van der Waals surface area contributed by atoms with Crippen LogP contribution in [-0.4, -0.2) is 29.1 Å². The Kier molecular flexibility index (Phi) is 4.32. The molecule has 21 heavy (non-hydrogen) atoms. The fraction of sp³-hybridized carbons (Fsp3) is 0.231. The van der Waals surface area contributed by atoms with Crippen molar-refractivity contribution in [1.29, 1.82) is 0 Å². The molecule has 8 heteroatoms. The van der Waals surface area contributed by atoms with Gasteiger partial charge in [-0.05, 0) is 12.1 Å². The third-order valence-corrected chi connectivity index (χ3v) is 3.37. The van der Waals surface area contributed by atoms with Gasteiger partial charge in [-0.25, -0.2) is 9.18 Å². The van der Waals surface area contributed by atoms with Crippen LogP contribution in [0.2, 0.25) is 5.02 Å². The van der Waals surface area contributed by atoms with E-state index in [1.807, 2.05) is 0 Å². The van der Waals surface area contributed by atoms with E-state index in [2.05, 4.69) is 10.5 Å². The van der Waals surface area contributed by atoms with E-state index in [1.165, 1.54) is 25.3 Å². The van der Waals surface area contributed by atoms with Gasteiger partial charge < -0.3 is 20.4 Å². The van der Waals surface area contributed by atoms with Crippen molar-refractivity contribution in [2.75, 3.05) is 7.11 Å². The molecule has 0 saturated carbocycles. The van der Waals surface area contributed by atoms with Gasteiger partial charge in [0.15, 0.2) is 11.6 Å². The van der Waals surface area contributed by atoms with Crippen LogP contribution in [0.4, 0.5) is 4.39 Å². The predicted octanol–water partition coefficient (Wildman–Crippen LogP) is 2.32. The van der Waals surface area contributed by atoms with Gasteiger partial charge in [-0.2, -0.15) is 0 Å². The summed E-state index contributed by atoms with van der Waals surface area (Å²) in [6.07, 6.45) is 1.30. The van der Waals surface area contributed by atoms with Crippen molar-refractivity contribution in [3.8, 4) is 5.75 Å². The summed E-state index contributed by atoms with van der Waals surface area (Å²) in [6, 6.07) is 2.17. The van der Waals surface area contributed by atoms with Gasteiger partial charge in [0.1, 0.15) is 5.70 Å². The maximum atomic E-state index is 14.4. The molecule has 1 aromatic carbocycles. The van der Waals surface area contributed by atoms with Crippen molar-refractivity contribution >= 4 is 23.3 Å². The molecule has 0 radical (unpaired) electrons. The van der Waals surface area contributed by atoms with Crippen LogP contribution in [0.15, 0.2) is 29.1 Å². The highest BCUT2D eigenvalue weighted by atomic mass is 35.5. The molecule has 1 aliphatic heterocycles. The molecule has 112 valence electrons. The summed E-state index contributed by atoms with van der Waals surface area (Å²) >= 11 is 5.82. The Labute approximate surface area is 124 Å². The number of nitrogens with zero attached hydrogens (tertiary/aromatic N) is 1. The molecular weight excluding hydrogens is 303 g/mol. The van der Waals surface area contributed by atoms with Crippen LogP contribution in [0.25, 0.3) is 0 Å². The largest absolute Gasteiger partial charge is 0.492 e. The van der Waals surface area contributed by atoms with E-state index in [1.54, 1.807) is 0 Å². The average molecular weight is 315 g/mol. The number of nitrogens with one attached hydrogen (secondary N) is 1. The molecule has 0 aliphatic carbocycles. The second-order valence-corrected chi connectivity index (χ2v) is 4.75. The highest BCUT2D eigenvalue weighted by Crippen LogP contribution is 2.34. The summed E-state index contributed by atoms with van der Waals surface area (Å²) in [4.78, 5) is 11.0. The van der Waals surface area contributed by atoms with Gasteiger partial charge in [-0.1, -0.05) is 22.8 Å². The molecule has 0 bridgehead atoms. The number of benzene rings is 1. The highest BCUT2D eigenvalue weighted by molar-refractivity contribution is 6.32. The molecule has 0 spiro atoms. The van der Waals surface area contributed by atoms with Crippen molar-refractivity contribution in [1.82, 2.24) is 5.32 Å². The van der Waals surface area contributed by atoms with E-state index in [9.17, 15) is 9.18 Å². The fourth-order valence-electron chi connectivity index (χ4n) is 2.10. The number of aliphatic carboxylic acids is 1. The number of carbonyl (C=O) groups is 1. The molecule has 1 aromatic rings. The summed E-state index contributed by atoms with van der Waals surface area (Å²) in [5.41, 5.74) is 0.112. The zero-order valence-electron chi connectivity index (χ0n) is 10.9. The first-order valence-electron chi connectivity index (χ1n) is 5.92. The van der Waals surface area contributed by atoms with Crippen molar-refractivity contribution < 1.29 is 24.2 Å². The molecule has 0 saturated heterocycles. The van der Waals surface area contributed by atoms with Crippen molar-refractivity contribution in [3.63, 3.8) is 0 Å². The number of ether oxygens (including phenoxy) is 1. The minimum Gasteiger partial charge on any atom is -0.492 e. The van der Waals surface area contributed by atoms with Crippen molar-refractivity contribution in [2.24, 2.45) is 5.16 Å². The molecule has 3 N–H and O–H groups in total. The van der Waals surface area contributed by atoms with Gasteiger partial charge in [-0.15, -0.1) is 0 Å². The smallest absolute Gasteiger partial charge is 0.352 e. The van der Waals surface area contributed by atoms with Gasteiger partial charge in [0.05, 0.1) is 23.9 Å². The number of hydrogen-bond acceptors (Lipinski definition) is 5. The lowest BCUT2D eigenvalue weighted by atomic mass is 9.96. The molecule has 0 aromatic heterocycles. The number of oxime groups is 1. The number of hydrogen-bond donors (Lipinski definition) is 3. The van der Waals surface area contributed by atoms with Crippen LogP contribution in [-0.2, 0) is 4.79 Å². The summed E-state index contributed by atoms with van der Waals surface area (Å²) in [5, 5.41) is 23.7. The minimum absolute atomic E-state index is 0.111. The maximum absolute atomic E-state index is 14.4. The maximum Gasteiger partial charge on any atom is 0.352 e. The topological polar surface area (TPSA) is 91.2 Å². The van der Waals surface area contributed by atoms with Gasteiger partial charge in [0.2, 0.25) is 0 Å². The first-order chi connectivity index (χ1) is 9.97. The third-order valence-electron chi connectivity index (χ3n) is 3.07. The molecular formula is C13H12ClFN2O4. The Bertz CT molecular complexity index is 645.